The molecule has 0 N–H and O–H groups in total. The Morgan fingerprint density at radius 1 is 1.24 bits per heavy atom. The van der Waals surface area contributed by atoms with Crippen molar-refractivity contribution in [1.29, 1.82) is 0 Å². The number of hydrogen-bond acceptors (Lipinski definition) is 6. The Labute approximate surface area is 156 Å². The molecule has 6 nitrogen and oxygen atoms in total. The molecule has 0 spiro atoms. The Morgan fingerprint density at radius 2 is 2.00 bits per heavy atom. The number of rotatable bonds is 3. The van der Waals surface area contributed by atoms with Crippen LogP contribution in [0.3, 0.4) is 0 Å². The van der Waals surface area contributed by atoms with E-state index in [1.165, 1.54) is 17.0 Å². The van der Waals surface area contributed by atoms with Gasteiger partial charge in [0.1, 0.15) is 0 Å². The van der Waals surface area contributed by atoms with E-state index in [-0.39, 0.29) is 5.91 Å². The molecule has 0 saturated carbocycles. The minimum absolute atomic E-state index is 0.304. The first-order valence-electron chi connectivity index (χ1n) is 6.86. The summed E-state index contributed by atoms with van der Waals surface area (Å²) in [5.41, 5.74) is 0.372. The van der Waals surface area contributed by atoms with Crippen LogP contribution in [-0.4, -0.2) is 15.2 Å². The summed E-state index contributed by atoms with van der Waals surface area (Å²) in [5.74, 6) is -1.04. The number of thioether (sulfide) groups is 1. The second-order valence-electron chi connectivity index (χ2n) is 4.98. The Balaban J connectivity index is 1.96. The van der Waals surface area contributed by atoms with Gasteiger partial charge in [-0.15, -0.1) is 0 Å². The topological polar surface area (TPSA) is 86.5 Å². The molecule has 1 amide bonds. The normalized spacial score (nSPS) is 15.9. The maximum atomic E-state index is 12.6. The number of nitrogens with zero attached hydrogens (tertiary/aromatic N) is 2. The van der Waals surface area contributed by atoms with Gasteiger partial charge in [-0.05, 0) is 35.6 Å². The van der Waals surface area contributed by atoms with Crippen molar-refractivity contribution in [2.45, 2.75) is 0 Å². The highest BCUT2D eigenvalue weighted by Crippen LogP contribution is 2.37. The summed E-state index contributed by atoms with van der Waals surface area (Å²) in [4.78, 5) is 24.4. The van der Waals surface area contributed by atoms with Crippen LogP contribution in [-0.2, 0) is 4.79 Å². The minimum atomic E-state index is -0.753. The predicted octanol–water partition coefficient (Wildman–Crippen LogP) is 3.73. The van der Waals surface area contributed by atoms with Gasteiger partial charge < -0.3 is 5.11 Å². The summed E-state index contributed by atoms with van der Waals surface area (Å²) < 4.78 is 0.327. The van der Waals surface area contributed by atoms with Crippen LogP contribution in [0.25, 0.3) is 6.08 Å². The standard InChI is InChI=1S/C16H9ClN2O4S2/c17-10-2-1-3-11(8-10)18-15(21)14(25-16(18)24)7-9-4-5-13(20)12(6-9)19(22)23/h1-8,20H/p-1/b14-7+. The van der Waals surface area contributed by atoms with E-state index in [4.69, 9.17) is 23.8 Å². The summed E-state index contributed by atoms with van der Waals surface area (Å²) in [5, 5.41) is 22.8. The number of thiocarbonyl (C=S) groups is 1. The first-order chi connectivity index (χ1) is 11.9. The third-order valence-corrected chi connectivity index (χ3v) is 4.87. The number of anilines is 1. The number of nitro groups is 1. The van der Waals surface area contributed by atoms with Gasteiger partial charge in [-0.3, -0.25) is 19.8 Å². The van der Waals surface area contributed by atoms with Crippen molar-refractivity contribution < 1.29 is 14.8 Å². The molecule has 1 aliphatic heterocycles. The second-order valence-corrected chi connectivity index (χ2v) is 7.09. The molecule has 2 aromatic carbocycles. The number of carbonyl (C=O) groups is 1. The lowest BCUT2D eigenvalue weighted by molar-refractivity contribution is -0.398. The molecule has 0 aliphatic carbocycles. The highest BCUT2D eigenvalue weighted by molar-refractivity contribution is 8.27. The van der Waals surface area contributed by atoms with Gasteiger partial charge in [-0.25, -0.2) is 0 Å². The second kappa shape index (κ2) is 6.83. The van der Waals surface area contributed by atoms with Gasteiger partial charge in [0, 0.05) is 11.1 Å². The molecule has 0 aromatic heterocycles. The molecule has 25 heavy (non-hydrogen) atoms. The highest BCUT2D eigenvalue weighted by Gasteiger charge is 2.33. The molecule has 1 fully saturated rings. The maximum absolute atomic E-state index is 12.6. The lowest BCUT2D eigenvalue weighted by atomic mass is 10.1. The van der Waals surface area contributed by atoms with Crippen molar-refractivity contribution >= 4 is 63.3 Å². The third kappa shape index (κ3) is 3.51. The summed E-state index contributed by atoms with van der Waals surface area (Å²) in [6.07, 6.45) is 1.47. The molecular weight excluding hydrogens is 384 g/mol. The van der Waals surface area contributed by atoms with Crippen LogP contribution >= 0.6 is 35.6 Å². The van der Waals surface area contributed by atoms with E-state index >= 15 is 0 Å². The molecule has 9 heteroatoms. The van der Waals surface area contributed by atoms with E-state index in [1.807, 2.05) is 0 Å². The smallest absolute Gasteiger partial charge is 0.270 e. The SMILES string of the molecule is O=C1/C(=C\c2ccc([O-])c([N+](=O)[O-])c2)SC(=S)N1c1cccc(Cl)c1. The Kier molecular flexibility index (Phi) is 4.76. The first-order valence-corrected chi connectivity index (χ1v) is 8.46. The lowest BCUT2D eigenvalue weighted by Crippen LogP contribution is -2.27. The van der Waals surface area contributed by atoms with Crippen molar-refractivity contribution in [1.82, 2.24) is 0 Å². The van der Waals surface area contributed by atoms with E-state index < -0.39 is 16.4 Å². The van der Waals surface area contributed by atoms with Crippen LogP contribution in [0.1, 0.15) is 5.56 Å². The fourth-order valence-corrected chi connectivity index (χ4v) is 3.71. The predicted molar refractivity (Wildman–Crippen MR) is 99.6 cm³/mol. The average molecular weight is 392 g/mol. The zero-order valence-electron chi connectivity index (χ0n) is 12.3. The van der Waals surface area contributed by atoms with Crippen LogP contribution in [0.2, 0.25) is 5.02 Å². The maximum Gasteiger partial charge on any atom is 0.270 e. The molecule has 0 bridgehead atoms. The number of nitro benzene ring substituents is 1. The largest absolute Gasteiger partial charge is 0.868 e. The van der Waals surface area contributed by atoms with Crippen LogP contribution in [0.15, 0.2) is 47.4 Å². The highest BCUT2D eigenvalue weighted by atomic mass is 35.5. The Bertz CT molecular complexity index is 945. The van der Waals surface area contributed by atoms with Gasteiger partial charge in [-0.2, -0.15) is 0 Å². The zero-order valence-corrected chi connectivity index (χ0v) is 14.7. The van der Waals surface area contributed by atoms with E-state index in [9.17, 15) is 20.0 Å². The van der Waals surface area contributed by atoms with Gasteiger partial charge in [0.05, 0.1) is 15.5 Å². The summed E-state index contributed by atoms with van der Waals surface area (Å²) in [6.45, 7) is 0. The van der Waals surface area contributed by atoms with Crippen molar-refractivity contribution in [3.05, 3.63) is 68.1 Å². The van der Waals surface area contributed by atoms with Crippen molar-refractivity contribution in [2.24, 2.45) is 0 Å². The molecule has 0 atom stereocenters. The number of halogens is 1. The fourth-order valence-electron chi connectivity index (χ4n) is 2.22. The van der Waals surface area contributed by atoms with Crippen molar-refractivity contribution in [3.63, 3.8) is 0 Å². The molecule has 1 aliphatic rings. The molecule has 0 radical (unpaired) electrons. The van der Waals surface area contributed by atoms with Gasteiger partial charge >= 0.3 is 0 Å². The zero-order chi connectivity index (χ0) is 18.1. The van der Waals surface area contributed by atoms with E-state index in [0.717, 1.165) is 23.9 Å². The van der Waals surface area contributed by atoms with Crippen LogP contribution in [0, 0.1) is 10.1 Å². The molecule has 1 heterocycles. The fraction of sp³-hybridized carbons (Fsp3) is 0. The Hall–Kier alpha value is -2.42. The third-order valence-electron chi connectivity index (χ3n) is 3.34. The minimum Gasteiger partial charge on any atom is -0.868 e. The average Bonchev–Trinajstić information content (AvgIpc) is 2.83. The molecular formula is C16H8ClN2O4S2-. The van der Waals surface area contributed by atoms with Gasteiger partial charge in [-0.1, -0.05) is 53.8 Å². The number of amides is 1. The van der Waals surface area contributed by atoms with Crippen LogP contribution < -0.4 is 10.0 Å². The molecule has 126 valence electrons. The van der Waals surface area contributed by atoms with Crippen molar-refractivity contribution in [2.75, 3.05) is 4.90 Å². The van der Waals surface area contributed by atoms with Crippen molar-refractivity contribution in [3.8, 4) is 5.75 Å². The molecule has 0 unspecified atom stereocenters. The summed E-state index contributed by atoms with van der Waals surface area (Å²) in [6, 6.07) is 10.4. The summed E-state index contributed by atoms with van der Waals surface area (Å²) >= 11 is 12.3. The van der Waals surface area contributed by atoms with Crippen LogP contribution in [0.5, 0.6) is 5.75 Å². The van der Waals surface area contributed by atoms with Gasteiger partial charge in [0.2, 0.25) is 0 Å². The number of benzene rings is 2. The quantitative estimate of drug-likeness (QED) is 0.343. The number of hydrogen-bond donors (Lipinski definition) is 0. The summed E-state index contributed by atoms with van der Waals surface area (Å²) in [7, 11) is 0. The van der Waals surface area contributed by atoms with E-state index in [0.29, 0.717) is 25.5 Å². The monoisotopic (exact) mass is 391 g/mol. The lowest BCUT2D eigenvalue weighted by Gasteiger charge is -2.14. The number of carbonyl (C=O) groups excluding carboxylic acids is 1. The van der Waals surface area contributed by atoms with Gasteiger partial charge in [0.15, 0.2) is 4.32 Å². The van der Waals surface area contributed by atoms with Gasteiger partial charge in [0.25, 0.3) is 11.6 Å². The van der Waals surface area contributed by atoms with E-state index in [1.54, 1.807) is 24.3 Å². The molecule has 2 aromatic rings. The molecule has 3 rings (SSSR count). The molecule has 1 saturated heterocycles. The Morgan fingerprint density at radius 3 is 2.68 bits per heavy atom. The first kappa shape index (κ1) is 17.4. The van der Waals surface area contributed by atoms with Crippen LogP contribution in [0.4, 0.5) is 11.4 Å². The van der Waals surface area contributed by atoms with E-state index in [2.05, 4.69) is 0 Å².